The Labute approximate surface area is 227 Å². The molecule has 0 radical (unpaired) electrons. The summed E-state index contributed by atoms with van der Waals surface area (Å²) in [5.74, 6) is -1.02. The minimum absolute atomic E-state index is 0.0606. The van der Waals surface area contributed by atoms with Crippen LogP contribution >= 0.6 is 0 Å². The van der Waals surface area contributed by atoms with Crippen LogP contribution in [0.2, 0.25) is 0 Å². The zero-order valence-corrected chi connectivity index (χ0v) is 20.9. The van der Waals surface area contributed by atoms with Gasteiger partial charge in [-0.2, -0.15) is 0 Å². The van der Waals surface area contributed by atoms with Crippen LogP contribution in [0.25, 0.3) is 12.2 Å². The summed E-state index contributed by atoms with van der Waals surface area (Å²) in [6.45, 7) is -1.25. The van der Waals surface area contributed by atoms with Gasteiger partial charge in [-0.25, -0.2) is 0 Å². The molecule has 220 valence electrons. The van der Waals surface area contributed by atoms with Crippen LogP contribution in [0.3, 0.4) is 0 Å². The summed E-state index contributed by atoms with van der Waals surface area (Å²) < 4.78 is 21.9. The Morgan fingerprint density at radius 3 is 1.93 bits per heavy atom. The van der Waals surface area contributed by atoms with Gasteiger partial charge < -0.3 is 70.0 Å². The van der Waals surface area contributed by atoms with Crippen LogP contribution in [-0.4, -0.2) is 126 Å². The lowest BCUT2D eigenvalue weighted by Gasteiger charge is -2.42. The molecule has 2 aromatic rings. The lowest BCUT2D eigenvalue weighted by Crippen LogP contribution is -2.62. The molecule has 0 amide bonds. The Bertz CT molecular complexity index is 1150. The molecule has 0 aliphatic carbocycles. The zero-order valence-electron chi connectivity index (χ0n) is 20.9. The molecule has 0 saturated carbocycles. The van der Waals surface area contributed by atoms with Crippen molar-refractivity contribution in [2.24, 2.45) is 0 Å². The van der Waals surface area contributed by atoms with Gasteiger partial charge in [0.05, 0.1) is 13.2 Å². The van der Waals surface area contributed by atoms with Gasteiger partial charge in [-0.3, -0.25) is 0 Å². The van der Waals surface area contributed by atoms with Gasteiger partial charge in [0, 0.05) is 11.6 Å². The highest BCUT2D eigenvalue weighted by atomic mass is 16.7. The third-order valence-electron chi connectivity index (χ3n) is 6.61. The molecule has 4 rings (SSSR count). The molecule has 10 atom stereocenters. The number of phenolic OH excluding ortho intramolecular Hbond substituents is 3. The molecule has 14 heteroatoms. The highest BCUT2D eigenvalue weighted by molar-refractivity contribution is 5.75. The number of hydrogen-bond donors (Lipinski definition) is 10. The van der Waals surface area contributed by atoms with Crippen molar-refractivity contribution < 1.29 is 70.0 Å². The second-order valence-corrected chi connectivity index (χ2v) is 9.47. The van der Waals surface area contributed by atoms with E-state index in [1.165, 1.54) is 24.3 Å². The van der Waals surface area contributed by atoms with Crippen molar-refractivity contribution in [3.05, 3.63) is 47.5 Å². The van der Waals surface area contributed by atoms with Crippen LogP contribution in [0.4, 0.5) is 0 Å². The molecule has 40 heavy (non-hydrogen) atoms. The smallest absolute Gasteiger partial charge is 0.229 e. The Hall–Kier alpha value is -3.02. The van der Waals surface area contributed by atoms with E-state index in [9.17, 15) is 51.1 Å². The Morgan fingerprint density at radius 2 is 1.27 bits per heavy atom. The van der Waals surface area contributed by atoms with Crippen LogP contribution in [0.5, 0.6) is 23.0 Å². The average Bonchev–Trinajstić information content (AvgIpc) is 2.93. The van der Waals surface area contributed by atoms with E-state index >= 15 is 0 Å². The molecule has 0 bridgehead atoms. The average molecular weight is 569 g/mol. The number of phenols is 3. The Morgan fingerprint density at radius 1 is 0.675 bits per heavy atom. The summed E-state index contributed by atoms with van der Waals surface area (Å²) >= 11 is 0. The monoisotopic (exact) mass is 568 g/mol. The number of rotatable bonds is 8. The molecule has 10 N–H and O–H groups in total. The van der Waals surface area contributed by atoms with Crippen molar-refractivity contribution in [1.82, 2.24) is 0 Å². The van der Waals surface area contributed by atoms with Crippen LogP contribution in [0.15, 0.2) is 36.4 Å². The molecular formula is C26H32O14. The van der Waals surface area contributed by atoms with E-state index < -0.39 is 80.4 Å². The van der Waals surface area contributed by atoms with Gasteiger partial charge in [-0.1, -0.05) is 24.3 Å². The summed E-state index contributed by atoms with van der Waals surface area (Å²) in [4.78, 5) is 0. The van der Waals surface area contributed by atoms with Crippen molar-refractivity contribution in [2.45, 2.75) is 61.4 Å². The van der Waals surface area contributed by atoms with Gasteiger partial charge >= 0.3 is 0 Å². The molecule has 0 unspecified atom stereocenters. The number of ether oxygens (including phenoxy) is 4. The van der Waals surface area contributed by atoms with E-state index in [1.807, 2.05) is 0 Å². The van der Waals surface area contributed by atoms with Crippen molar-refractivity contribution in [2.75, 3.05) is 13.2 Å². The van der Waals surface area contributed by atoms with Crippen LogP contribution in [0, 0.1) is 0 Å². The maximum Gasteiger partial charge on any atom is 0.229 e. The first-order valence-electron chi connectivity index (χ1n) is 12.3. The van der Waals surface area contributed by atoms with Gasteiger partial charge in [0.2, 0.25) is 6.29 Å². The molecule has 2 saturated heterocycles. The van der Waals surface area contributed by atoms with Crippen molar-refractivity contribution in [3.63, 3.8) is 0 Å². The standard InChI is InChI=1S/C26H32O14/c27-9-16-18(31)20(33)22(35)25(38-16)37-10-17-19(32)21(34)23(36)26(39-17)40-24-12(7-14(29)8-15(24)30)4-1-11-2-5-13(28)6-3-11/h1-8,16-23,25-36H,9-10H2/t16-,17-,18-,19-,20+,21-,22+,23-,25-,26+/m1/s1. The fourth-order valence-electron chi connectivity index (χ4n) is 4.31. The second kappa shape index (κ2) is 12.7. The van der Waals surface area contributed by atoms with E-state index in [4.69, 9.17) is 18.9 Å². The first-order valence-corrected chi connectivity index (χ1v) is 12.3. The third kappa shape index (κ3) is 6.47. The molecule has 2 aliphatic rings. The molecule has 14 nitrogen and oxygen atoms in total. The SMILES string of the molecule is OC[C@H]1O[C@@H](OC[C@H]2O[C@@H](Oc3c(O)cc(O)cc3C=Cc3ccc(O)cc3)[C@H](O)[C@H](O)[C@@H]2O)[C@@H](O)[C@@H](O)[C@@H]1O. The fraction of sp³-hybridized carbons (Fsp3) is 0.462. The minimum atomic E-state index is -1.81. The van der Waals surface area contributed by atoms with Crippen molar-refractivity contribution in [3.8, 4) is 23.0 Å². The van der Waals surface area contributed by atoms with Gasteiger partial charge in [0.15, 0.2) is 17.8 Å². The molecule has 2 heterocycles. The largest absolute Gasteiger partial charge is 0.508 e. The number of aromatic hydroxyl groups is 3. The summed E-state index contributed by atoms with van der Waals surface area (Å²) in [6.07, 6.45) is -13.1. The number of aliphatic hydroxyl groups is 7. The second-order valence-electron chi connectivity index (χ2n) is 9.47. The molecule has 2 aliphatic heterocycles. The normalized spacial score (nSPS) is 34.7. The van der Waals surface area contributed by atoms with Crippen LogP contribution in [-0.2, 0) is 14.2 Å². The number of hydrogen-bond acceptors (Lipinski definition) is 14. The summed E-state index contributed by atoms with van der Waals surface area (Å²) in [6, 6.07) is 8.38. The lowest BCUT2D eigenvalue weighted by atomic mass is 9.98. The molecule has 0 aromatic heterocycles. The third-order valence-corrected chi connectivity index (χ3v) is 6.61. The van der Waals surface area contributed by atoms with Crippen molar-refractivity contribution in [1.29, 1.82) is 0 Å². The van der Waals surface area contributed by atoms with E-state index in [1.54, 1.807) is 18.2 Å². The van der Waals surface area contributed by atoms with Gasteiger partial charge in [-0.15, -0.1) is 0 Å². The number of aliphatic hydroxyl groups excluding tert-OH is 7. The first-order chi connectivity index (χ1) is 19.0. The molecule has 2 fully saturated rings. The van der Waals surface area contributed by atoms with Gasteiger partial charge in [0.1, 0.15) is 60.3 Å². The number of benzene rings is 2. The molecule has 2 aromatic carbocycles. The van der Waals surface area contributed by atoms with Crippen LogP contribution < -0.4 is 4.74 Å². The summed E-state index contributed by atoms with van der Waals surface area (Å²) in [7, 11) is 0. The molecular weight excluding hydrogens is 536 g/mol. The van der Waals surface area contributed by atoms with E-state index in [0.29, 0.717) is 5.56 Å². The predicted molar refractivity (Wildman–Crippen MR) is 134 cm³/mol. The zero-order chi connectivity index (χ0) is 29.1. The van der Waals surface area contributed by atoms with Gasteiger partial charge in [0.25, 0.3) is 0 Å². The van der Waals surface area contributed by atoms with Crippen molar-refractivity contribution >= 4 is 12.2 Å². The lowest BCUT2D eigenvalue weighted by molar-refractivity contribution is -0.323. The topological polar surface area (TPSA) is 239 Å². The van der Waals surface area contributed by atoms with Gasteiger partial charge in [-0.05, 0) is 23.8 Å². The first kappa shape index (κ1) is 30.0. The highest BCUT2D eigenvalue weighted by Gasteiger charge is 2.48. The van der Waals surface area contributed by atoms with E-state index in [2.05, 4.69) is 0 Å². The maximum absolute atomic E-state index is 10.5. The minimum Gasteiger partial charge on any atom is -0.508 e. The predicted octanol–water partition coefficient (Wildman–Crippen LogP) is -2.02. The maximum atomic E-state index is 10.5. The Balaban J connectivity index is 1.50. The molecule has 0 spiro atoms. The van der Waals surface area contributed by atoms with Crippen LogP contribution in [0.1, 0.15) is 11.1 Å². The van der Waals surface area contributed by atoms with E-state index in [0.717, 1.165) is 6.07 Å². The quantitative estimate of drug-likeness (QED) is 0.155. The highest BCUT2D eigenvalue weighted by Crippen LogP contribution is 2.38. The fourth-order valence-corrected chi connectivity index (χ4v) is 4.31. The summed E-state index contributed by atoms with van der Waals surface area (Å²) in [5, 5.41) is 101. The summed E-state index contributed by atoms with van der Waals surface area (Å²) in [5.41, 5.74) is 0.806. The van der Waals surface area contributed by atoms with E-state index in [-0.39, 0.29) is 22.8 Å². The Kier molecular flexibility index (Phi) is 9.48.